The summed E-state index contributed by atoms with van der Waals surface area (Å²) >= 11 is 0. The van der Waals surface area contributed by atoms with Crippen LogP contribution in [-0.2, 0) is 19.6 Å². The maximum atomic E-state index is 11.8. The second kappa shape index (κ2) is 5.16. The first kappa shape index (κ1) is 12.0. The molecule has 0 unspecified atom stereocenters. The zero-order valence-corrected chi connectivity index (χ0v) is 9.13. The van der Waals surface area contributed by atoms with E-state index in [4.69, 9.17) is 0 Å². The number of hydrogen-bond donors (Lipinski definition) is 0. The van der Waals surface area contributed by atoms with Crippen LogP contribution in [0.5, 0.6) is 0 Å². The molecule has 0 saturated carbocycles. The SMILES string of the molecule is C=CCn1c(=O)n(CC=C)n(CC=C)c1=O. The first-order valence-electron chi connectivity index (χ1n) is 4.90. The van der Waals surface area contributed by atoms with Gasteiger partial charge in [-0.2, -0.15) is 0 Å². The summed E-state index contributed by atoms with van der Waals surface area (Å²) in [5, 5.41) is 0. The summed E-state index contributed by atoms with van der Waals surface area (Å²) in [5.74, 6) is 0. The molecular weight excluding hydrogens is 206 g/mol. The topological polar surface area (TPSA) is 48.9 Å². The van der Waals surface area contributed by atoms with Crippen LogP contribution in [0.3, 0.4) is 0 Å². The van der Waals surface area contributed by atoms with Crippen molar-refractivity contribution in [3.8, 4) is 0 Å². The van der Waals surface area contributed by atoms with Crippen molar-refractivity contribution in [3.63, 3.8) is 0 Å². The fraction of sp³-hybridized carbons (Fsp3) is 0.273. The summed E-state index contributed by atoms with van der Waals surface area (Å²) in [6.07, 6.45) is 4.65. The molecule has 1 aromatic rings. The van der Waals surface area contributed by atoms with Gasteiger partial charge >= 0.3 is 11.4 Å². The summed E-state index contributed by atoms with van der Waals surface area (Å²) in [5.41, 5.74) is -0.710. The van der Waals surface area contributed by atoms with Gasteiger partial charge in [0.15, 0.2) is 0 Å². The van der Waals surface area contributed by atoms with Crippen molar-refractivity contribution in [1.82, 2.24) is 13.9 Å². The minimum absolute atomic E-state index is 0.207. The molecule has 0 radical (unpaired) electrons. The molecule has 0 bridgehead atoms. The van der Waals surface area contributed by atoms with Crippen molar-refractivity contribution in [2.75, 3.05) is 0 Å². The van der Waals surface area contributed by atoms with E-state index in [1.165, 1.54) is 15.4 Å². The van der Waals surface area contributed by atoms with Crippen molar-refractivity contribution >= 4 is 0 Å². The highest BCUT2D eigenvalue weighted by Gasteiger charge is 2.12. The quantitative estimate of drug-likeness (QED) is 0.652. The number of rotatable bonds is 6. The van der Waals surface area contributed by atoms with Crippen molar-refractivity contribution < 1.29 is 0 Å². The van der Waals surface area contributed by atoms with Crippen LogP contribution in [0.4, 0.5) is 0 Å². The van der Waals surface area contributed by atoms with Crippen molar-refractivity contribution in [2.24, 2.45) is 0 Å². The van der Waals surface area contributed by atoms with Gasteiger partial charge in [-0.3, -0.25) is 0 Å². The summed E-state index contributed by atoms with van der Waals surface area (Å²) in [6.45, 7) is 11.4. The normalized spacial score (nSPS) is 10.0. The average molecular weight is 221 g/mol. The Kier molecular flexibility index (Phi) is 3.88. The van der Waals surface area contributed by atoms with Crippen LogP contribution in [0.25, 0.3) is 0 Å². The zero-order chi connectivity index (χ0) is 12.1. The smallest absolute Gasteiger partial charge is 0.246 e. The molecule has 0 aliphatic rings. The molecule has 1 rings (SSSR count). The molecule has 0 N–H and O–H groups in total. The van der Waals surface area contributed by atoms with Crippen molar-refractivity contribution in [3.05, 3.63) is 58.9 Å². The fourth-order valence-corrected chi connectivity index (χ4v) is 1.45. The summed E-state index contributed by atoms with van der Waals surface area (Å²) < 4.78 is 3.79. The van der Waals surface area contributed by atoms with E-state index in [9.17, 15) is 9.59 Å². The monoisotopic (exact) mass is 221 g/mol. The van der Waals surface area contributed by atoms with E-state index in [1.807, 2.05) is 0 Å². The van der Waals surface area contributed by atoms with Gasteiger partial charge in [0.05, 0.1) is 19.6 Å². The van der Waals surface area contributed by atoms with Gasteiger partial charge in [0.2, 0.25) is 0 Å². The third kappa shape index (κ3) is 1.98. The molecule has 0 aromatic carbocycles. The summed E-state index contributed by atoms with van der Waals surface area (Å²) in [7, 11) is 0. The van der Waals surface area contributed by atoms with Gasteiger partial charge in [-0.1, -0.05) is 18.2 Å². The van der Waals surface area contributed by atoms with Crippen molar-refractivity contribution in [2.45, 2.75) is 19.6 Å². The Balaban J connectivity index is 3.44. The molecule has 5 nitrogen and oxygen atoms in total. The van der Waals surface area contributed by atoms with Gasteiger partial charge in [-0.05, 0) is 0 Å². The van der Waals surface area contributed by atoms with Crippen LogP contribution in [0.1, 0.15) is 0 Å². The molecule has 0 aliphatic carbocycles. The number of aromatic nitrogens is 3. The van der Waals surface area contributed by atoms with Crippen LogP contribution >= 0.6 is 0 Å². The lowest BCUT2D eigenvalue weighted by molar-refractivity contribution is 0.502. The predicted octanol–water partition coefficient (Wildman–Crippen LogP) is 0.369. The largest absolute Gasteiger partial charge is 0.347 e. The second-order valence-electron chi connectivity index (χ2n) is 3.21. The average Bonchev–Trinajstić information content (AvgIpc) is 2.47. The van der Waals surface area contributed by atoms with Gasteiger partial charge in [-0.15, -0.1) is 19.7 Å². The minimum atomic E-state index is -0.355. The fourth-order valence-electron chi connectivity index (χ4n) is 1.45. The van der Waals surface area contributed by atoms with Crippen LogP contribution in [0, 0.1) is 0 Å². The Hall–Kier alpha value is -2.04. The van der Waals surface area contributed by atoms with Crippen LogP contribution in [0.2, 0.25) is 0 Å². The molecule has 0 spiro atoms. The van der Waals surface area contributed by atoms with E-state index < -0.39 is 0 Å². The molecule has 16 heavy (non-hydrogen) atoms. The number of hydrogen-bond acceptors (Lipinski definition) is 2. The number of nitrogens with zero attached hydrogens (tertiary/aromatic N) is 3. The van der Waals surface area contributed by atoms with E-state index in [0.29, 0.717) is 13.1 Å². The lowest BCUT2D eigenvalue weighted by Crippen LogP contribution is -2.28. The first-order valence-corrected chi connectivity index (χ1v) is 4.90. The zero-order valence-electron chi connectivity index (χ0n) is 9.13. The summed E-state index contributed by atoms with van der Waals surface area (Å²) in [6, 6.07) is 0. The highest BCUT2D eigenvalue weighted by atomic mass is 16.2. The van der Waals surface area contributed by atoms with Gasteiger partial charge in [0.25, 0.3) is 0 Å². The molecule has 0 aliphatic heterocycles. The molecule has 0 fully saturated rings. The Bertz CT molecular complexity index is 475. The molecule has 1 heterocycles. The molecule has 1 aromatic heterocycles. The number of allylic oxidation sites excluding steroid dienone is 3. The van der Waals surface area contributed by atoms with E-state index in [2.05, 4.69) is 19.7 Å². The standard InChI is InChI=1S/C11H15N3O2/c1-4-7-12-10(15)13(8-5-2)14(9-6-3)11(12)16/h4-6H,1-3,7-9H2. The van der Waals surface area contributed by atoms with E-state index in [0.717, 1.165) is 4.57 Å². The van der Waals surface area contributed by atoms with Crippen molar-refractivity contribution in [1.29, 1.82) is 0 Å². The van der Waals surface area contributed by atoms with E-state index in [-0.39, 0.29) is 17.9 Å². The van der Waals surface area contributed by atoms with Gasteiger partial charge in [0, 0.05) is 0 Å². The Morgan fingerprint density at radius 1 is 0.812 bits per heavy atom. The summed E-state index contributed by atoms with van der Waals surface area (Å²) in [4.78, 5) is 23.7. The van der Waals surface area contributed by atoms with Gasteiger partial charge in [0.1, 0.15) is 0 Å². The molecule has 0 atom stereocenters. The minimum Gasteiger partial charge on any atom is -0.246 e. The molecule has 5 heteroatoms. The molecule has 0 amide bonds. The molecule has 0 saturated heterocycles. The Morgan fingerprint density at radius 3 is 1.50 bits per heavy atom. The third-order valence-corrected chi connectivity index (χ3v) is 2.11. The highest BCUT2D eigenvalue weighted by molar-refractivity contribution is 4.83. The van der Waals surface area contributed by atoms with E-state index >= 15 is 0 Å². The molecular formula is C11H15N3O2. The second-order valence-corrected chi connectivity index (χ2v) is 3.21. The van der Waals surface area contributed by atoms with Gasteiger partial charge < -0.3 is 0 Å². The van der Waals surface area contributed by atoms with E-state index in [1.54, 1.807) is 12.2 Å². The van der Waals surface area contributed by atoms with Gasteiger partial charge in [-0.25, -0.2) is 23.5 Å². The highest BCUT2D eigenvalue weighted by Crippen LogP contribution is 1.85. The Labute approximate surface area is 93.2 Å². The van der Waals surface area contributed by atoms with Crippen LogP contribution in [0.15, 0.2) is 47.6 Å². The first-order chi connectivity index (χ1) is 7.67. The Morgan fingerprint density at radius 2 is 1.19 bits per heavy atom. The predicted molar refractivity (Wildman–Crippen MR) is 63.5 cm³/mol. The third-order valence-electron chi connectivity index (χ3n) is 2.11. The van der Waals surface area contributed by atoms with Crippen LogP contribution in [-0.4, -0.2) is 13.9 Å². The lowest BCUT2D eigenvalue weighted by atomic mass is 10.6. The maximum absolute atomic E-state index is 11.8. The maximum Gasteiger partial charge on any atom is 0.347 e. The molecule has 86 valence electrons. The van der Waals surface area contributed by atoms with Crippen LogP contribution < -0.4 is 11.4 Å². The lowest BCUT2D eigenvalue weighted by Gasteiger charge is -2.03.